The van der Waals surface area contributed by atoms with Gasteiger partial charge in [-0.1, -0.05) is 31.5 Å². The van der Waals surface area contributed by atoms with Crippen molar-refractivity contribution >= 4 is 43.2 Å². The zero-order valence-electron chi connectivity index (χ0n) is 24.3. The van der Waals surface area contributed by atoms with E-state index in [1.807, 2.05) is 49.4 Å². The second-order valence-corrected chi connectivity index (χ2v) is 13.2. The number of halogens is 1. The second kappa shape index (κ2) is 12.0. The predicted octanol–water partition coefficient (Wildman–Crippen LogP) is 6.69. The number of aromatic amines is 2. The van der Waals surface area contributed by atoms with Gasteiger partial charge in [-0.2, -0.15) is 5.10 Å². The Balaban J connectivity index is 1.35. The zero-order valence-corrected chi connectivity index (χ0v) is 25.1. The molecule has 224 valence electrons. The molecular weight excluding hydrogens is 579 g/mol. The summed E-state index contributed by atoms with van der Waals surface area (Å²) in [5.74, 6) is -0.519. The molecule has 6 rings (SSSR count). The number of amides is 1. The van der Waals surface area contributed by atoms with E-state index in [0.717, 1.165) is 51.5 Å². The predicted molar refractivity (Wildman–Crippen MR) is 171 cm³/mol. The molecule has 0 aliphatic heterocycles. The van der Waals surface area contributed by atoms with E-state index in [0.29, 0.717) is 34.6 Å². The van der Waals surface area contributed by atoms with Crippen LogP contribution in [-0.2, 0) is 21.1 Å². The Labute approximate surface area is 253 Å². The SMILES string of the molecule is CCCCC(=O)Nc1cncc(-c2cc3c(-c4cc5c(-c6cc(F)cc(CCS(C)(=O)=O)c6)cccc5[nH]4)n[nH]c3cn2)c1. The third-order valence-corrected chi connectivity index (χ3v) is 8.42. The molecule has 4 heterocycles. The number of nitrogens with one attached hydrogen (secondary N) is 3. The summed E-state index contributed by atoms with van der Waals surface area (Å²) in [7, 11) is -3.18. The molecule has 0 aliphatic rings. The van der Waals surface area contributed by atoms with E-state index in [2.05, 4.69) is 30.5 Å². The average Bonchev–Trinajstić information content (AvgIpc) is 3.62. The maximum atomic E-state index is 14.6. The molecule has 0 saturated heterocycles. The van der Waals surface area contributed by atoms with Gasteiger partial charge in [0, 0.05) is 40.7 Å². The third kappa shape index (κ3) is 6.37. The van der Waals surface area contributed by atoms with E-state index >= 15 is 0 Å². The van der Waals surface area contributed by atoms with E-state index < -0.39 is 15.7 Å². The normalized spacial score (nSPS) is 11.8. The van der Waals surface area contributed by atoms with Crippen LogP contribution in [0.5, 0.6) is 0 Å². The molecule has 0 unspecified atom stereocenters. The highest BCUT2D eigenvalue weighted by Crippen LogP contribution is 2.35. The smallest absolute Gasteiger partial charge is 0.224 e. The van der Waals surface area contributed by atoms with Gasteiger partial charge in [0.1, 0.15) is 21.3 Å². The minimum atomic E-state index is -3.18. The number of nitrogens with zero attached hydrogens (tertiary/aromatic N) is 3. The summed E-state index contributed by atoms with van der Waals surface area (Å²) >= 11 is 0. The molecule has 11 heteroatoms. The van der Waals surface area contributed by atoms with Crippen molar-refractivity contribution in [1.29, 1.82) is 0 Å². The molecule has 0 fully saturated rings. The van der Waals surface area contributed by atoms with Crippen LogP contribution in [0.25, 0.3) is 55.6 Å². The van der Waals surface area contributed by atoms with Crippen molar-refractivity contribution in [2.75, 3.05) is 17.3 Å². The summed E-state index contributed by atoms with van der Waals surface area (Å²) < 4.78 is 38.0. The van der Waals surface area contributed by atoms with Crippen molar-refractivity contribution in [1.82, 2.24) is 25.1 Å². The summed E-state index contributed by atoms with van der Waals surface area (Å²) in [5.41, 5.74) is 7.19. The summed E-state index contributed by atoms with van der Waals surface area (Å²) in [6.07, 6.45) is 8.67. The Bertz CT molecular complexity index is 2120. The van der Waals surface area contributed by atoms with Crippen molar-refractivity contribution < 1.29 is 17.6 Å². The first-order valence-electron chi connectivity index (χ1n) is 14.4. The Kier molecular flexibility index (Phi) is 7.96. The van der Waals surface area contributed by atoms with Gasteiger partial charge in [-0.25, -0.2) is 12.8 Å². The fourth-order valence-corrected chi connectivity index (χ4v) is 5.88. The third-order valence-electron chi connectivity index (χ3n) is 7.47. The number of rotatable bonds is 10. The molecule has 0 spiro atoms. The fourth-order valence-electron chi connectivity index (χ4n) is 5.28. The quantitative estimate of drug-likeness (QED) is 0.158. The van der Waals surface area contributed by atoms with Gasteiger partial charge in [0.2, 0.25) is 5.91 Å². The van der Waals surface area contributed by atoms with E-state index in [1.54, 1.807) is 18.6 Å². The number of aromatic nitrogens is 5. The minimum Gasteiger partial charge on any atom is -0.353 e. The van der Waals surface area contributed by atoms with Crippen LogP contribution in [0.2, 0.25) is 0 Å². The van der Waals surface area contributed by atoms with Crippen molar-refractivity contribution in [2.24, 2.45) is 0 Å². The first kappa shape index (κ1) is 29.2. The van der Waals surface area contributed by atoms with Crippen molar-refractivity contribution in [3.05, 3.63) is 84.6 Å². The van der Waals surface area contributed by atoms with Gasteiger partial charge in [-0.3, -0.25) is 19.9 Å². The Morgan fingerprint density at radius 3 is 2.66 bits per heavy atom. The number of hydrogen-bond donors (Lipinski definition) is 3. The first-order valence-corrected chi connectivity index (χ1v) is 16.4. The van der Waals surface area contributed by atoms with Gasteiger partial charge in [0.25, 0.3) is 0 Å². The lowest BCUT2D eigenvalue weighted by Gasteiger charge is -2.08. The molecule has 9 nitrogen and oxygen atoms in total. The number of carbonyl (C=O) groups excluding carboxylic acids is 1. The van der Waals surface area contributed by atoms with E-state index in [4.69, 9.17) is 0 Å². The van der Waals surface area contributed by atoms with Gasteiger partial charge in [0.05, 0.1) is 40.7 Å². The summed E-state index contributed by atoms with van der Waals surface area (Å²) in [6.45, 7) is 2.04. The number of sulfone groups is 1. The number of aryl methyl sites for hydroxylation is 1. The second-order valence-electron chi connectivity index (χ2n) is 11.0. The maximum absolute atomic E-state index is 14.6. The van der Waals surface area contributed by atoms with Crippen molar-refractivity contribution in [3.8, 4) is 33.8 Å². The van der Waals surface area contributed by atoms with Crippen LogP contribution in [0, 0.1) is 5.82 Å². The van der Waals surface area contributed by atoms with E-state index in [9.17, 15) is 17.6 Å². The average molecular weight is 611 g/mol. The molecule has 0 radical (unpaired) electrons. The van der Waals surface area contributed by atoms with Crippen molar-refractivity contribution in [3.63, 3.8) is 0 Å². The number of fused-ring (bicyclic) bond motifs is 2. The molecule has 3 N–H and O–H groups in total. The summed E-state index contributed by atoms with van der Waals surface area (Å²) in [4.78, 5) is 24.6. The molecule has 2 aromatic carbocycles. The van der Waals surface area contributed by atoms with Gasteiger partial charge in [-0.15, -0.1) is 0 Å². The Hall–Kier alpha value is -4.90. The molecule has 4 aromatic heterocycles. The number of benzene rings is 2. The molecular formula is C33H31FN6O3S. The molecule has 0 aliphatic carbocycles. The number of unbranched alkanes of at least 4 members (excludes halogenated alkanes) is 1. The topological polar surface area (TPSA) is 133 Å². The molecule has 0 saturated carbocycles. The summed E-state index contributed by atoms with van der Waals surface area (Å²) in [5, 5.41) is 12.3. The van der Waals surface area contributed by atoms with E-state index in [-0.39, 0.29) is 18.1 Å². The van der Waals surface area contributed by atoms with Gasteiger partial charge in [0.15, 0.2) is 0 Å². The highest BCUT2D eigenvalue weighted by atomic mass is 32.2. The van der Waals surface area contributed by atoms with E-state index in [1.165, 1.54) is 18.4 Å². The zero-order chi connectivity index (χ0) is 30.8. The number of pyridine rings is 2. The van der Waals surface area contributed by atoms with Crippen LogP contribution in [0.4, 0.5) is 10.1 Å². The molecule has 44 heavy (non-hydrogen) atoms. The van der Waals surface area contributed by atoms with Crippen LogP contribution in [0.1, 0.15) is 31.7 Å². The maximum Gasteiger partial charge on any atom is 0.224 e. The van der Waals surface area contributed by atoms with Gasteiger partial charge >= 0.3 is 0 Å². The standard InChI is InChI=1S/C33H31FN6O3S/c1-3-4-8-32(41)37-24-14-22(17-35-18-24)29-16-27-31(19-36-29)39-40-33(27)30-15-26-25(6-5-7-28(26)38-30)21-11-20(12-23(34)13-21)9-10-44(2,42)43/h5-7,11-19,38H,3-4,8-10H2,1-2H3,(H,37,41)(H,39,40). The van der Waals surface area contributed by atoms with Crippen LogP contribution >= 0.6 is 0 Å². The first-order chi connectivity index (χ1) is 21.2. The number of hydrogen-bond acceptors (Lipinski definition) is 6. The van der Waals surface area contributed by atoms with Gasteiger partial charge < -0.3 is 10.3 Å². The van der Waals surface area contributed by atoms with Crippen LogP contribution in [0.3, 0.4) is 0 Å². The van der Waals surface area contributed by atoms with Crippen molar-refractivity contribution in [2.45, 2.75) is 32.6 Å². The van der Waals surface area contributed by atoms with Gasteiger partial charge in [-0.05, 0) is 65.9 Å². The lowest BCUT2D eigenvalue weighted by Crippen LogP contribution is -2.11. The number of carbonyl (C=O) groups is 1. The van der Waals surface area contributed by atoms with Crippen LogP contribution < -0.4 is 5.32 Å². The Morgan fingerprint density at radius 1 is 0.977 bits per heavy atom. The highest BCUT2D eigenvalue weighted by molar-refractivity contribution is 7.90. The monoisotopic (exact) mass is 610 g/mol. The molecule has 0 atom stereocenters. The lowest BCUT2D eigenvalue weighted by molar-refractivity contribution is -0.116. The number of anilines is 1. The minimum absolute atomic E-state index is 0.0483. The molecule has 6 aromatic rings. The highest BCUT2D eigenvalue weighted by Gasteiger charge is 2.16. The molecule has 1 amide bonds. The largest absolute Gasteiger partial charge is 0.353 e. The fraction of sp³-hybridized carbons (Fsp3) is 0.212. The summed E-state index contributed by atoms with van der Waals surface area (Å²) in [6, 6.07) is 16.2. The Morgan fingerprint density at radius 2 is 1.84 bits per heavy atom. The lowest BCUT2D eigenvalue weighted by atomic mass is 9.98. The van der Waals surface area contributed by atoms with Crippen LogP contribution in [0.15, 0.2) is 73.2 Å². The number of H-pyrrole nitrogens is 2. The van der Waals surface area contributed by atoms with Crippen LogP contribution in [-0.4, -0.2) is 51.5 Å². The molecule has 0 bridgehead atoms.